The SMILES string of the molecule is O=C(NC[C@@H]1CCCO1)[C@@H]1CCCN(Cc2c(Cl)cccc2Cl)C1. The molecule has 0 saturated carbocycles. The Hall–Kier alpha value is -0.810. The van der Waals surface area contributed by atoms with E-state index in [4.69, 9.17) is 27.9 Å². The first kappa shape index (κ1) is 18.0. The number of likely N-dealkylation sites (tertiary alicyclic amines) is 1. The van der Waals surface area contributed by atoms with Gasteiger partial charge in [0.1, 0.15) is 0 Å². The van der Waals surface area contributed by atoms with Gasteiger partial charge < -0.3 is 10.1 Å². The summed E-state index contributed by atoms with van der Waals surface area (Å²) in [5.41, 5.74) is 0.946. The van der Waals surface area contributed by atoms with Gasteiger partial charge in [0.2, 0.25) is 5.91 Å². The molecule has 2 atom stereocenters. The minimum absolute atomic E-state index is 0.0291. The normalized spacial score (nSPS) is 24.9. The van der Waals surface area contributed by atoms with Crippen LogP contribution in [0.15, 0.2) is 18.2 Å². The zero-order chi connectivity index (χ0) is 16.9. The fourth-order valence-electron chi connectivity index (χ4n) is 3.48. The Kier molecular flexibility index (Phi) is 6.39. The van der Waals surface area contributed by atoms with Crippen LogP contribution in [0.3, 0.4) is 0 Å². The Labute approximate surface area is 153 Å². The lowest BCUT2D eigenvalue weighted by Gasteiger charge is -2.32. The predicted molar refractivity (Wildman–Crippen MR) is 96.4 cm³/mol. The van der Waals surface area contributed by atoms with Gasteiger partial charge in [-0.05, 0) is 44.4 Å². The molecule has 2 heterocycles. The predicted octanol–water partition coefficient (Wildman–Crippen LogP) is 3.50. The summed E-state index contributed by atoms with van der Waals surface area (Å²) in [6, 6.07) is 5.57. The van der Waals surface area contributed by atoms with Crippen LogP contribution in [0.5, 0.6) is 0 Å². The average Bonchev–Trinajstić information content (AvgIpc) is 3.10. The third-order valence-corrected chi connectivity index (χ3v) is 5.56. The molecule has 2 aliphatic rings. The van der Waals surface area contributed by atoms with E-state index in [2.05, 4.69) is 10.2 Å². The second-order valence-electron chi connectivity index (χ2n) is 6.65. The van der Waals surface area contributed by atoms with E-state index < -0.39 is 0 Å². The maximum atomic E-state index is 12.4. The zero-order valence-corrected chi connectivity index (χ0v) is 15.3. The number of carbonyl (C=O) groups excluding carboxylic acids is 1. The highest BCUT2D eigenvalue weighted by Gasteiger charge is 2.27. The van der Waals surface area contributed by atoms with Gasteiger partial charge in [-0.25, -0.2) is 0 Å². The maximum absolute atomic E-state index is 12.4. The van der Waals surface area contributed by atoms with Crippen molar-refractivity contribution in [2.75, 3.05) is 26.2 Å². The van der Waals surface area contributed by atoms with Gasteiger partial charge in [0, 0.05) is 41.8 Å². The summed E-state index contributed by atoms with van der Waals surface area (Å²) in [4.78, 5) is 14.7. The molecule has 0 aliphatic carbocycles. The van der Waals surface area contributed by atoms with E-state index in [1.807, 2.05) is 18.2 Å². The third-order valence-electron chi connectivity index (χ3n) is 4.85. The fourth-order valence-corrected chi connectivity index (χ4v) is 4.00. The van der Waals surface area contributed by atoms with E-state index in [0.29, 0.717) is 23.1 Å². The van der Waals surface area contributed by atoms with Crippen molar-refractivity contribution in [1.82, 2.24) is 10.2 Å². The molecule has 24 heavy (non-hydrogen) atoms. The summed E-state index contributed by atoms with van der Waals surface area (Å²) >= 11 is 12.5. The van der Waals surface area contributed by atoms with E-state index in [9.17, 15) is 4.79 Å². The Morgan fingerprint density at radius 1 is 1.25 bits per heavy atom. The summed E-state index contributed by atoms with van der Waals surface area (Å²) in [5.74, 6) is 0.168. The minimum Gasteiger partial charge on any atom is -0.376 e. The molecule has 0 radical (unpaired) electrons. The minimum atomic E-state index is 0.0291. The molecule has 0 aromatic heterocycles. The first-order valence-corrected chi connectivity index (χ1v) is 9.43. The topological polar surface area (TPSA) is 41.6 Å². The molecule has 2 saturated heterocycles. The number of hydrogen-bond donors (Lipinski definition) is 1. The van der Waals surface area contributed by atoms with Crippen molar-refractivity contribution < 1.29 is 9.53 Å². The van der Waals surface area contributed by atoms with Gasteiger partial charge in [-0.3, -0.25) is 9.69 Å². The Balaban J connectivity index is 1.52. The first-order valence-electron chi connectivity index (χ1n) is 8.68. The molecule has 1 aromatic rings. The van der Waals surface area contributed by atoms with Crippen LogP contribution in [0, 0.1) is 5.92 Å². The van der Waals surface area contributed by atoms with Gasteiger partial charge in [0.25, 0.3) is 0 Å². The summed E-state index contributed by atoms with van der Waals surface area (Å²) in [6.07, 6.45) is 4.28. The van der Waals surface area contributed by atoms with Crippen LogP contribution in [-0.2, 0) is 16.1 Å². The summed E-state index contributed by atoms with van der Waals surface area (Å²) in [6.45, 7) is 3.85. The Morgan fingerprint density at radius 3 is 2.75 bits per heavy atom. The number of carbonyl (C=O) groups is 1. The smallest absolute Gasteiger partial charge is 0.224 e. The van der Waals surface area contributed by atoms with Crippen LogP contribution >= 0.6 is 23.2 Å². The van der Waals surface area contributed by atoms with Crippen LogP contribution in [0.25, 0.3) is 0 Å². The number of benzene rings is 1. The number of hydrogen-bond acceptors (Lipinski definition) is 3. The van der Waals surface area contributed by atoms with E-state index in [0.717, 1.165) is 50.9 Å². The van der Waals surface area contributed by atoms with E-state index in [-0.39, 0.29) is 17.9 Å². The molecule has 4 nitrogen and oxygen atoms in total. The highest BCUT2D eigenvalue weighted by Crippen LogP contribution is 2.27. The molecule has 0 spiro atoms. The lowest BCUT2D eigenvalue weighted by molar-refractivity contribution is -0.127. The standard InChI is InChI=1S/C18H24Cl2N2O2/c19-16-6-1-7-17(20)15(16)12-22-8-2-4-13(11-22)18(23)21-10-14-5-3-9-24-14/h1,6-7,13-14H,2-5,8-12H2,(H,21,23)/t13-,14+/m1/s1. The van der Waals surface area contributed by atoms with Crippen molar-refractivity contribution in [3.63, 3.8) is 0 Å². The van der Waals surface area contributed by atoms with Crippen LogP contribution in [0.2, 0.25) is 10.0 Å². The van der Waals surface area contributed by atoms with Crippen molar-refractivity contribution in [3.05, 3.63) is 33.8 Å². The molecule has 1 amide bonds. The Bertz CT molecular complexity index is 556. The fraction of sp³-hybridized carbons (Fsp3) is 0.611. The number of nitrogens with one attached hydrogen (secondary N) is 1. The highest BCUT2D eigenvalue weighted by atomic mass is 35.5. The van der Waals surface area contributed by atoms with Gasteiger partial charge in [-0.1, -0.05) is 29.3 Å². The number of rotatable bonds is 5. The summed E-state index contributed by atoms with van der Waals surface area (Å²) in [5, 5.41) is 4.43. The second-order valence-corrected chi connectivity index (χ2v) is 7.47. The van der Waals surface area contributed by atoms with Crippen molar-refractivity contribution in [2.45, 2.75) is 38.3 Å². The largest absolute Gasteiger partial charge is 0.376 e. The van der Waals surface area contributed by atoms with Crippen molar-refractivity contribution in [1.29, 1.82) is 0 Å². The monoisotopic (exact) mass is 370 g/mol. The molecule has 0 unspecified atom stereocenters. The number of halogens is 2. The number of piperidine rings is 1. The number of amides is 1. The number of ether oxygens (including phenoxy) is 1. The van der Waals surface area contributed by atoms with Crippen LogP contribution in [0.1, 0.15) is 31.2 Å². The van der Waals surface area contributed by atoms with Crippen molar-refractivity contribution in [2.24, 2.45) is 5.92 Å². The van der Waals surface area contributed by atoms with Gasteiger partial charge in [0.15, 0.2) is 0 Å². The van der Waals surface area contributed by atoms with E-state index in [1.165, 1.54) is 0 Å². The van der Waals surface area contributed by atoms with Gasteiger partial charge in [0.05, 0.1) is 12.0 Å². The average molecular weight is 371 g/mol. The quantitative estimate of drug-likeness (QED) is 0.862. The van der Waals surface area contributed by atoms with Gasteiger partial charge >= 0.3 is 0 Å². The molecule has 2 fully saturated rings. The van der Waals surface area contributed by atoms with Crippen molar-refractivity contribution in [3.8, 4) is 0 Å². The molecule has 3 rings (SSSR count). The van der Waals surface area contributed by atoms with E-state index in [1.54, 1.807) is 0 Å². The van der Waals surface area contributed by atoms with Gasteiger partial charge in [-0.2, -0.15) is 0 Å². The first-order chi connectivity index (χ1) is 11.6. The van der Waals surface area contributed by atoms with Crippen molar-refractivity contribution >= 4 is 29.1 Å². The maximum Gasteiger partial charge on any atom is 0.224 e. The molecular weight excluding hydrogens is 347 g/mol. The van der Waals surface area contributed by atoms with E-state index >= 15 is 0 Å². The second kappa shape index (κ2) is 8.52. The summed E-state index contributed by atoms with van der Waals surface area (Å²) in [7, 11) is 0. The zero-order valence-electron chi connectivity index (χ0n) is 13.8. The third kappa shape index (κ3) is 4.63. The van der Waals surface area contributed by atoms with Crippen LogP contribution in [0.4, 0.5) is 0 Å². The molecule has 6 heteroatoms. The molecule has 2 aliphatic heterocycles. The molecule has 132 valence electrons. The number of nitrogens with zero attached hydrogens (tertiary/aromatic N) is 1. The van der Waals surface area contributed by atoms with Gasteiger partial charge in [-0.15, -0.1) is 0 Å². The van der Waals surface area contributed by atoms with Crippen LogP contribution < -0.4 is 5.32 Å². The molecule has 0 bridgehead atoms. The van der Waals surface area contributed by atoms with Crippen LogP contribution in [-0.4, -0.2) is 43.2 Å². The molecule has 1 N–H and O–H groups in total. The lowest BCUT2D eigenvalue weighted by atomic mass is 9.96. The Morgan fingerprint density at radius 2 is 2.04 bits per heavy atom. The summed E-state index contributed by atoms with van der Waals surface area (Å²) < 4.78 is 5.56. The lowest BCUT2D eigenvalue weighted by Crippen LogP contribution is -2.44. The molecular formula is C18H24Cl2N2O2. The highest BCUT2D eigenvalue weighted by molar-refractivity contribution is 6.35. The molecule has 1 aromatic carbocycles.